The van der Waals surface area contributed by atoms with Crippen molar-refractivity contribution in [1.29, 1.82) is 0 Å². The van der Waals surface area contributed by atoms with E-state index in [4.69, 9.17) is 14.6 Å². The van der Waals surface area contributed by atoms with E-state index in [1.807, 2.05) is 13.8 Å². The summed E-state index contributed by atoms with van der Waals surface area (Å²) in [6.45, 7) is 4.62. The van der Waals surface area contributed by atoms with Crippen molar-refractivity contribution in [2.75, 3.05) is 19.0 Å². The average molecular weight is 399 g/mol. The largest absolute Gasteiger partial charge is 0.490 e. The van der Waals surface area contributed by atoms with Gasteiger partial charge in [-0.25, -0.2) is 13.2 Å². The van der Waals surface area contributed by atoms with Crippen LogP contribution in [0.25, 0.3) is 0 Å². The second kappa shape index (κ2) is 9.07. The van der Waals surface area contributed by atoms with E-state index in [-0.39, 0.29) is 23.7 Å². The lowest BCUT2D eigenvalue weighted by Crippen LogP contribution is -2.42. The highest BCUT2D eigenvalue weighted by atomic mass is 32.2. The first kappa shape index (κ1) is 21.0. The number of carboxylic acid groups (broad SMARTS) is 1. The molecule has 0 saturated heterocycles. The molecule has 1 atom stereocenters. The van der Waals surface area contributed by atoms with Crippen molar-refractivity contribution in [2.45, 2.75) is 44.0 Å². The summed E-state index contributed by atoms with van der Waals surface area (Å²) in [6, 6.07) is 3.32. The third-order valence-corrected chi connectivity index (χ3v) is 5.73. The van der Waals surface area contributed by atoms with Crippen molar-refractivity contribution >= 4 is 21.7 Å². The second-order valence-electron chi connectivity index (χ2n) is 6.82. The zero-order chi connectivity index (χ0) is 20.0. The van der Waals surface area contributed by atoms with E-state index in [0.717, 1.165) is 0 Å². The number of nitrogens with one attached hydrogen (secondary N) is 1. The number of rotatable bonds is 8. The molecular weight excluding hydrogens is 374 g/mol. The maximum absolute atomic E-state index is 12.5. The van der Waals surface area contributed by atoms with E-state index >= 15 is 0 Å². The number of amides is 1. The summed E-state index contributed by atoms with van der Waals surface area (Å²) in [5.41, 5.74) is 0. The fourth-order valence-corrected chi connectivity index (χ4v) is 3.89. The Bertz CT molecular complexity index is 789. The fraction of sp³-hybridized carbons (Fsp3) is 0.556. The van der Waals surface area contributed by atoms with Crippen LogP contribution in [0.5, 0.6) is 11.5 Å². The van der Waals surface area contributed by atoms with Crippen LogP contribution in [0.2, 0.25) is 0 Å². The van der Waals surface area contributed by atoms with Gasteiger partial charge in [0.1, 0.15) is 6.04 Å². The summed E-state index contributed by atoms with van der Waals surface area (Å²) >= 11 is 0. The molecule has 0 saturated carbocycles. The number of sulfone groups is 1. The first-order chi connectivity index (χ1) is 12.7. The number of fused-ring (bicyclic) bond motifs is 1. The molecule has 2 rings (SSSR count). The molecule has 0 spiro atoms. The molecule has 1 amide bonds. The number of carbonyl (C=O) groups is 2. The Hall–Kier alpha value is -2.29. The lowest BCUT2D eigenvalue weighted by Gasteiger charge is -2.16. The van der Waals surface area contributed by atoms with Gasteiger partial charge in [0, 0.05) is 18.9 Å². The minimum absolute atomic E-state index is 0.0384. The van der Waals surface area contributed by atoms with E-state index < -0.39 is 33.5 Å². The summed E-state index contributed by atoms with van der Waals surface area (Å²) in [7, 11) is -3.72. The van der Waals surface area contributed by atoms with E-state index in [1.54, 1.807) is 0 Å². The molecule has 1 heterocycles. The average Bonchev–Trinajstić information content (AvgIpc) is 2.83. The van der Waals surface area contributed by atoms with Crippen LogP contribution in [0.4, 0.5) is 0 Å². The Morgan fingerprint density at radius 3 is 2.48 bits per heavy atom. The van der Waals surface area contributed by atoms with Crippen LogP contribution in [0, 0.1) is 5.92 Å². The Balaban J connectivity index is 2.00. The van der Waals surface area contributed by atoms with Crippen molar-refractivity contribution in [3.05, 3.63) is 18.2 Å². The van der Waals surface area contributed by atoms with Crippen molar-refractivity contribution in [3.63, 3.8) is 0 Å². The van der Waals surface area contributed by atoms with Crippen molar-refractivity contribution in [2.24, 2.45) is 5.92 Å². The number of aliphatic carboxylic acids is 1. The minimum Gasteiger partial charge on any atom is -0.490 e. The molecule has 9 heteroatoms. The number of benzene rings is 1. The van der Waals surface area contributed by atoms with Gasteiger partial charge in [0.25, 0.3) is 0 Å². The Labute approximate surface area is 158 Å². The number of hydrogen-bond acceptors (Lipinski definition) is 6. The van der Waals surface area contributed by atoms with Gasteiger partial charge < -0.3 is 19.9 Å². The molecule has 0 fully saturated rings. The van der Waals surface area contributed by atoms with Crippen LogP contribution >= 0.6 is 0 Å². The molecule has 27 heavy (non-hydrogen) atoms. The van der Waals surface area contributed by atoms with Gasteiger partial charge in [-0.1, -0.05) is 13.8 Å². The van der Waals surface area contributed by atoms with E-state index in [9.17, 15) is 18.0 Å². The molecule has 1 aromatic carbocycles. The predicted octanol–water partition coefficient (Wildman–Crippen LogP) is 1.63. The van der Waals surface area contributed by atoms with Gasteiger partial charge in [-0.15, -0.1) is 0 Å². The zero-order valence-electron chi connectivity index (χ0n) is 15.4. The van der Waals surface area contributed by atoms with Crippen molar-refractivity contribution < 1.29 is 32.6 Å². The molecule has 1 aliphatic rings. The van der Waals surface area contributed by atoms with Crippen molar-refractivity contribution in [1.82, 2.24) is 5.32 Å². The summed E-state index contributed by atoms with van der Waals surface area (Å²) in [5.74, 6) is -1.24. The summed E-state index contributed by atoms with van der Waals surface area (Å²) in [6.07, 6.45) is 0.659. The monoisotopic (exact) mass is 399 g/mol. The highest BCUT2D eigenvalue weighted by molar-refractivity contribution is 7.91. The molecule has 1 aromatic rings. The summed E-state index contributed by atoms with van der Waals surface area (Å²) < 4.78 is 36.0. The maximum Gasteiger partial charge on any atom is 0.326 e. The first-order valence-electron chi connectivity index (χ1n) is 8.83. The number of carbonyl (C=O) groups excluding carboxylic acids is 1. The lowest BCUT2D eigenvalue weighted by atomic mass is 10.0. The third-order valence-electron chi connectivity index (χ3n) is 4.02. The van der Waals surface area contributed by atoms with Gasteiger partial charge in [0.05, 0.1) is 23.9 Å². The second-order valence-corrected chi connectivity index (χ2v) is 8.92. The normalized spacial score (nSPS) is 15.1. The van der Waals surface area contributed by atoms with Gasteiger partial charge in [0.2, 0.25) is 5.91 Å². The van der Waals surface area contributed by atoms with Crippen LogP contribution in [-0.2, 0) is 19.4 Å². The molecule has 2 N–H and O–H groups in total. The SMILES string of the molecule is CC(C)C[C@@H](NC(=O)CCS(=O)(=O)c1ccc2c(c1)OCCCO2)C(=O)O. The quantitative estimate of drug-likeness (QED) is 0.682. The molecule has 0 bridgehead atoms. The Kier molecular flexibility index (Phi) is 7.06. The smallest absolute Gasteiger partial charge is 0.326 e. The lowest BCUT2D eigenvalue weighted by molar-refractivity contribution is -0.142. The Morgan fingerprint density at radius 1 is 1.19 bits per heavy atom. The topological polar surface area (TPSA) is 119 Å². The van der Waals surface area contributed by atoms with Crippen LogP contribution in [-0.4, -0.2) is 50.4 Å². The molecule has 0 aliphatic carbocycles. The highest BCUT2D eigenvalue weighted by Crippen LogP contribution is 2.32. The predicted molar refractivity (Wildman–Crippen MR) is 97.7 cm³/mol. The van der Waals surface area contributed by atoms with Gasteiger partial charge in [0.15, 0.2) is 21.3 Å². The molecule has 0 unspecified atom stereocenters. The van der Waals surface area contributed by atoms with Crippen LogP contribution in [0.15, 0.2) is 23.1 Å². The first-order valence-corrected chi connectivity index (χ1v) is 10.5. The maximum atomic E-state index is 12.5. The van der Waals surface area contributed by atoms with Crippen LogP contribution in [0.3, 0.4) is 0 Å². The van der Waals surface area contributed by atoms with Crippen molar-refractivity contribution in [3.8, 4) is 11.5 Å². The number of carboxylic acids is 1. The number of ether oxygens (including phenoxy) is 2. The molecule has 8 nitrogen and oxygen atoms in total. The summed E-state index contributed by atoms with van der Waals surface area (Å²) in [5, 5.41) is 11.5. The molecule has 0 radical (unpaired) electrons. The van der Waals surface area contributed by atoms with Gasteiger partial charge in [-0.2, -0.15) is 0 Å². The Morgan fingerprint density at radius 2 is 1.85 bits per heavy atom. The van der Waals surface area contributed by atoms with Gasteiger partial charge in [-0.05, 0) is 24.5 Å². The fourth-order valence-electron chi connectivity index (χ4n) is 2.64. The van der Waals surface area contributed by atoms with Crippen LogP contribution < -0.4 is 14.8 Å². The summed E-state index contributed by atoms with van der Waals surface area (Å²) in [4.78, 5) is 23.2. The van der Waals surface area contributed by atoms with E-state index in [0.29, 0.717) is 31.1 Å². The minimum atomic E-state index is -3.72. The van der Waals surface area contributed by atoms with Gasteiger partial charge in [-0.3, -0.25) is 4.79 Å². The van der Waals surface area contributed by atoms with Crippen LogP contribution in [0.1, 0.15) is 33.1 Å². The third kappa shape index (κ3) is 6.13. The van der Waals surface area contributed by atoms with E-state index in [2.05, 4.69) is 5.32 Å². The molecule has 0 aromatic heterocycles. The molecular formula is C18H25NO7S. The number of hydrogen-bond donors (Lipinski definition) is 2. The molecule has 1 aliphatic heterocycles. The highest BCUT2D eigenvalue weighted by Gasteiger charge is 2.24. The zero-order valence-corrected chi connectivity index (χ0v) is 16.3. The molecule has 150 valence electrons. The van der Waals surface area contributed by atoms with E-state index in [1.165, 1.54) is 18.2 Å². The van der Waals surface area contributed by atoms with Gasteiger partial charge >= 0.3 is 5.97 Å². The standard InChI is InChI=1S/C18H25NO7S/c1-12(2)10-14(18(21)22)19-17(20)6-9-27(23,24)13-4-5-15-16(11-13)26-8-3-7-25-15/h4-5,11-12,14H,3,6-10H2,1-2H3,(H,19,20)(H,21,22)/t14-/m1/s1.